The number of hydrogen-bond acceptors (Lipinski definition) is 6. The van der Waals surface area contributed by atoms with Gasteiger partial charge in [-0.1, -0.05) is 18.2 Å². The molecule has 1 spiro atoms. The standard InChI is InChI=1S/C24H25N3O6/c1-31-19-11-15-7-9-26(13-16(15)12-20(19)32-2)21(28)14-27-22(29)24(25-23(27)30)8-10-33-18-6-4-3-5-17(18)24/h3-6,11-12H,7-10,13-14H2,1-2H3,(H,25,30). The minimum Gasteiger partial charge on any atom is -0.493 e. The summed E-state index contributed by atoms with van der Waals surface area (Å²) in [6.45, 7) is 0.865. The molecule has 1 atom stereocenters. The molecule has 3 heterocycles. The fourth-order valence-electron chi connectivity index (χ4n) is 4.85. The highest BCUT2D eigenvalue weighted by Gasteiger charge is 2.55. The van der Waals surface area contributed by atoms with Gasteiger partial charge in [0.15, 0.2) is 17.0 Å². The molecule has 4 amide bonds. The molecule has 0 saturated carbocycles. The highest BCUT2D eigenvalue weighted by Crippen LogP contribution is 2.41. The van der Waals surface area contributed by atoms with Crippen molar-refractivity contribution < 1.29 is 28.6 Å². The van der Waals surface area contributed by atoms with Crippen LogP contribution in [0.5, 0.6) is 17.2 Å². The van der Waals surface area contributed by atoms with Crippen LogP contribution in [0.25, 0.3) is 0 Å². The number of hydrogen-bond donors (Lipinski definition) is 1. The van der Waals surface area contributed by atoms with Crippen LogP contribution in [0.15, 0.2) is 36.4 Å². The minimum atomic E-state index is -1.19. The van der Waals surface area contributed by atoms with E-state index in [0.29, 0.717) is 55.4 Å². The molecule has 9 heteroatoms. The van der Waals surface area contributed by atoms with Gasteiger partial charge in [-0.05, 0) is 35.7 Å². The Morgan fingerprint density at radius 3 is 2.61 bits per heavy atom. The molecule has 0 aromatic heterocycles. The molecule has 172 valence electrons. The van der Waals surface area contributed by atoms with Gasteiger partial charge in [-0.25, -0.2) is 4.79 Å². The second-order valence-electron chi connectivity index (χ2n) is 8.36. The number of carbonyl (C=O) groups is 3. The predicted octanol–water partition coefficient (Wildman–Crippen LogP) is 1.82. The quantitative estimate of drug-likeness (QED) is 0.713. The summed E-state index contributed by atoms with van der Waals surface area (Å²) in [5.41, 5.74) is 1.48. The summed E-state index contributed by atoms with van der Waals surface area (Å²) < 4.78 is 16.4. The summed E-state index contributed by atoms with van der Waals surface area (Å²) in [5, 5.41) is 2.83. The van der Waals surface area contributed by atoms with Crippen LogP contribution in [0.1, 0.15) is 23.1 Å². The van der Waals surface area contributed by atoms with Crippen molar-refractivity contribution in [1.29, 1.82) is 0 Å². The van der Waals surface area contributed by atoms with Crippen LogP contribution in [0, 0.1) is 0 Å². The Balaban J connectivity index is 1.34. The lowest BCUT2D eigenvalue weighted by Gasteiger charge is -2.33. The van der Waals surface area contributed by atoms with Gasteiger partial charge in [0.2, 0.25) is 5.91 Å². The van der Waals surface area contributed by atoms with Crippen molar-refractivity contribution in [3.63, 3.8) is 0 Å². The second kappa shape index (κ2) is 7.99. The monoisotopic (exact) mass is 451 g/mol. The molecule has 1 unspecified atom stereocenters. The smallest absolute Gasteiger partial charge is 0.325 e. The first kappa shape index (κ1) is 21.1. The van der Waals surface area contributed by atoms with Gasteiger partial charge >= 0.3 is 6.03 Å². The number of nitrogens with zero attached hydrogens (tertiary/aromatic N) is 2. The number of nitrogens with one attached hydrogen (secondary N) is 1. The van der Waals surface area contributed by atoms with E-state index in [0.717, 1.165) is 16.0 Å². The third-order valence-corrected chi connectivity index (χ3v) is 6.62. The lowest BCUT2D eigenvalue weighted by molar-refractivity contribution is -0.140. The molecule has 0 radical (unpaired) electrons. The van der Waals surface area contributed by atoms with E-state index in [1.165, 1.54) is 0 Å². The van der Waals surface area contributed by atoms with Gasteiger partial charge in [0.1, 0.15) is 12.3 Å². The second-order valence-corrected chi connectivity index (χ2v) is 8.36. The summed E-state index contributed by atoms with van der Waals surface area (Å²) >= 11 is 0. The number of carbonyl (C=O) groups excluding carboxylic acids is 3. The van der Waals surface area contributed by atoms with Crippen molar-refractivity contribution in [3.8, 4) is 17.2 Å². The number of fused-ring (bicyclic) bond motifs is 3. The molecule has 2 aromatic carbocycles. The van der Waals surface area contributed by atoms with Crippen LogP contribution in [0.3, 0.4) is 0 Å². The maximum Gasteiger partial charge on any atom is 0.325 e. The Morgan fingerprint density at radius 1 is 1.12 bits per heavy atom. The van der Waals surface area contributed by atoms with E-state index < -0.39 is 17.5 Å². The molecule has 33 heavy (non-hydrogen) atoms. The molecule has 1 saturated heterocycles. The van der Waals surface area contributed by atoms with Crippen LogP contribution in [-0.2, 0) is 28.1 Å². The van der Waals surface area contributed by atoms with Gasteiger partial charge in [0, 0.05) is 25.1 Å². The van der Waals surface area contributed by atoms with Gasteiger partial charge in [0.25, 0.3) is 5.91 Å². The number of para-hydroxylation sites is 1. The molecule has 1 fully saturated rings. The largest absolute Gasteiger partial charge is 0.493 e. The number of urea groups is 1. The van der Waals surface area contributed by atoms with Gasteiger partial charge < -0.3 is 24.4 Å². The number of benzene rings is 2. The van der Waals surface area contributed by atoms with E-state index in [2.05, 4.69) is 5.32 Å². The van der Waals surface area contributed by atoms with Crippen LogP contribution < -0.4 is 19.5 Å². The van der Waals surface area contributed by atoms with Crippen molar-refractivity contribution >= 4 is 17.8 Å². The van der Waals surface area contributed by atoms with Gasteiger partial charge in [-0.3, -0.25) is 14.5 Å². The Kier molecular flexibility index (Phi) is 5.11. The van der Waals surface area contributed by atoms with Gasteiger partial charge in [-0.2, -0.15) is 0 Å². The summed E-state index contributed by atoms with van der Waals surface area (Å²) in [4.78, 5) is 42.0. The van der Waals surface area contributed by atoms with E-state index >= 15 is 0 Å². The highest BCUT2D eigenvalue weighted by atomic mass is 16.5. The SMILES string of the molecule is COc1cc2c(cc1OC)CN(C(=O)CN1C(=O)NC3(CCOc4ccccc43)C1=O)CC2. The van der Waals surface area contributed by atoms with Crippen molar-refractivity contribution in [2.24, 2.45) is 0 Å². The molecular weight excluding hydrogens is 426 g/mol. The Morgan fingerprint density at radius 2 is 1.85 bits per heavy atom. The topological polar surface area (TPSA) is 97.4 Å². The molecule has 9 nitrogen and oxygen atoms in total. The van der Waals surface area contributed by atoms with E-state index in [1.54, 1.807) is 37.3 Å². The Hall–Kier alpha value is -3.75. The van der Waals surface area contributed by atoms with E-state index in [1.807, 2.05) is 18.2 Å². The number of ether oxygens (including phenoxy) is 3. The zero-order chi connectivity index (χ0) is 23.2. The number of imide groups is 1. The summed E-state index contributed by atoms with van der Waals surface area (Å²) in [6, 6.07) is 10.4. The lowest BCUT2D eigenvalue weighted by Crippen LogP contribution is -2.48. The zero-order valence-corrected chi connectivity index (χ0v) is 18.6. The molecule has 1 N–H and O–H groups in total. The van der Waals surface area contributed by atoms with Crippen molar-refractivity contribution in [3.05, 3.63) is 53.1 Å². The third-order valence-electron chi connectivity index (χ3n) is 6.62. The first-order valence-corrected chi connectivity index (χ1v) is 10.8. The Labute approximate surface area is 191 Å². The van der Waals surface area contributed by atoms with Crippen molar-refractivity contribution in [2.75, 3.05) is 33.9 Å². The van der Waals surface area contributed by atoms with Crippen LogP contribution in [0.4, 0.5) is 4.79 Å². The fourth-order valence-corrected chi connectivity index (χ4v) is 4.85. The maximum absolute atomic E-state index is 13.4. The molecule has 3 aliphatic heterocycles. The fraction of sp³-hybridized carbons (Fsp3) is 0.375. The van der Waals surface area contributed by atoms with Crippen molar-refractivity contribution in [2.45, 2.75) is 24.9 Å². The Bertz CT molecular complexity index is 1150. The molecule has 0 aliphatic carbocycles. The summed E-state index contributed by atoms with van der Waals surface area (Å²) in [5.74, 6) is 1.12. The molecule has 5 rings (SSSR count). The molecule has 0 bridgehead atoms. The average Bonchev–Trinajstić information content (AvgIpc) is 3.07. The first-order chi connectivity index (χ1) is 16.0. The van der Waals surface area contributed by atoms with E-state index in [-0.39, 0.29) is 12.5 Å². The first-order valence-electron chi connectivity index (χ1n) is 10.8. The molecule has 2 aromatic rings. The van der Waals surface area contributed by atoms with E-state index in [9.17, 15) is 14.4 Å². The summed E-state index contributed by atoms with van der Waals surface area (Å²) in [7, 11) is 3.16. The predicted molar refractivity (Wildman–Crippen MR) is 117 cm³/mol. The number of methoxy groups -OCH3 is 2. The van der Waals surface area contributed by atoms with Crippen LogP contribution in [-0.4, -0.2) is 61.6 Å². The normalized spacial score (nSPS) is 21.3. The van der Waals surface area contributed by atoms with E-state index in [4.69, 9.17) is 14.2 Å². The summed E-state index contributed by atoms with van der Waals surface area (Å²) in [6.07, 6.45) is 0.966. The minimum absolute atomic E-state index is 0.281. The van der Waals surface area contributed by atoms with Gasteiger partial charge in [-0.15, -0.1) is 0 Å². The number of amides is 4. The molecule has 3 aliphatic rings. The van der Waals surface area contributed by atoms with Crippen LogP contribution >= 0.6 is 0 Å². The maximum atomic E-state index is 13.4. The lowest BCUT2D eigenvalue weighted by atomic mass is 9.84. The average molecular weight is 451 g/mol. The highest BCUT2D eigenvalue weighted by molar-refractivity contribution is 6.09. The van der Waals surface area contributed by atoms with Crippen molar-refractivity contribution in [1.82, 2.24) is 15.1 Å². The van der Waals surface area contributed by atoms with Crippen LogP contribution in [0.2, 0.25) is 0 Å². The number of rotatable bonds is 4. The third kappa shape index (κ3) is 3.35. The zero-order valence-electron chi connectivity index (χ0n) is 18.6. The molecular formula is C24H25N3O6. The van der Waals surface area contributed by atoms with Gasteiger partial charge in [0.05, 0.1) is 20.8 Å².